The fraction of sp³-hybridized carbons (Fsp3) is 0.857. The van der Waals surface area contributed by atoms with Crippen LogP contribution in [-0.2, 0) is 4.79 Å². The largest absolute Gasteiger partial charge is 0.391 e. The quantitative estimate of drug-likeness (QED) is 0.318. The van der Waals surface area contributed by atoms with E-state index in [0.717, 1.165) is 0 Å². The van der Waals surface area contributed by atoms with Gasteiger partial charge in [-0.15, -0.1) is 0 Å². The van der Waals surface area contributed by atoms with Gasteiger partial charge >= 0.3 is 0 Å². The summed E-state index contributed by atoms with van der Waals surface area (Å²) in [5.74, 6) is -1.01. The Kier molecular flexibility index (Phi) is 5.04. The molecule has 0 aliphatic heterocycles. The summed E-state index contributed by atoms with van der Waals surface area (Å²) in [4.78, 5) is 10.6. The zero-order valence-corrected chi connectivity index (χ0v) is 7.16. The van der Waals surface area contributed by atoms with Crippen molar-refractivity contribution >= 4 is 5.78 Å². The Bertz CT molecular complexity index is 168. The summed E-state index contributed by atoms with van der Waals surface area (Å²) >= 11 is 0. The van der Waals surface area contributed by atoms with Crippen LogP contribution in [0.15, 0.2) is 0 Å². The molecule has 0 amide bonds. The second kappa shape index (κ2) is 5.25. The van der Waals surface area contributed by atoms with Crippen LogP contribution in [0.25, 0.3) is 0 Å². The first-order valence-electron chi connectivity index (χ1n) is 3.77. The van der Waals surface area contributed by atoms with Gasteiger partial charge in [-0.25, -0.2) is 0 Å². The molecule has 0 aromatic heterocycles. The first kappa shape index (κ1) is 12.5. The topological polar surface area (TPSA) is 118 Å². The Morgan fingerprint density at radius 2 is 1.62 bits per heavy atom. The van der Waals surface area contributed by atoms with Gasteiger partial charge in [-0.3, -0.25) is 4.79 Å². The summed E-state index contributed by atoms with van der Waals surface area (Å²) in [7, 11) is 0. The van der Waals surface area contributed by atoms with Crippen molar-refractivity contribution in [2.75, 3.05) is 6.61 Å². The lowest BCUT2D eigenvalue weighted by molar-refractivity contribution is -0.146. The summed E-state index contributed by atoms with van der Waals surface area (Å²) in [6.07, 6.45) is -6.56. The number of carbonyl (C=O) groups excluding carboxylic acids is 1. The van der Waals surface area contributed by atoms with Crippen LogP contribution in [0.3, 0.4) is 0 Å². The van der Waals surface area contributed by atoms with Gasteiger partial charge in [0.25, 0.3) is 0 Å². The highest BCUT2D eigenvalue weighted by Crippen LogP contribution is 2.05. The van der Waals surface area contributed by atoms with Crippen LogP contribution in [0.1, 0.15) is 6.92 Å². The van der Waals surface area contributed by atoms with Crippen molar-refractivity contribution in [3.63, 3.8) is 0 Å². The molecule has 0 aromatic rings. The second-order valence-electron chi connectivity index (χ2n) is 2.79. The number of hydrogen-bond acceptors (Lipinski definition) is 6. The van der Waals surface area contributed by atoms with E-state index in [1.807, 2.05) is 0 Å². The second-order valence-corrected chi connectivity index (χ2v) is 2.79. The van der Waals surface area contributed by atoms with Crippen molar-refractivity contribution in [3.05, 3.63) is 0 Å². The summed E-state index contributed by atoms with van der Waals surface area (Å²) in [5, 5.41) is 44.2. The minimum Gasteiger partial charge on any atom is -0.391 e. The molecular weight excluding hydrogens is 180 g/mol. The monoisotopic (exact) mass is 194 g/mol. The molecule has 0 heterocycles. The Morgan fingerprint density at radius 1 is 1.15 bits per heavy atom. The fourth-order valence-corrected chi connectivity index (χ4v) is 0.756. The molecule has 13 heavy (non-hydrogen) atoms. The van der Waals surface area contributed by atoms with E-state index in [4.69, 9.17) is 25.5 Å². The van der Waals surface area contributed by atoms with E-state index in [0.29, 0.717) is 0 Å². The summed E-state index contributed by atoms with van der Waals surface area (Å²) in [6, 6.07) is 0. The highest BCUT2D eigenvalue weighted by Gasteiger charge is 2.31. The highest BCUT2D eigenvalue weighted by molar-refractivity contribution is 5.84. The number of hydrogen-bond donors (Lipinski definition) is 5. The van der Waals surface area contributed by atoms with Crippen molar-refractivity contribution in [2.45, 2.75) is 31.3 Å². The van der Waals surface area contributed by atoms with Crippen molar-refractivity contribution < 1.29 is 30.3 Å². The summed E-state index contributed by atoms with van der Waals surface area (Å²) in [6.45, 7) is 0.273. The lowest BCUT2D eigenvalue weighted by Gasteiger charge is -2.23. The molecule has 0 rings (SSSR count). The molecule has 0 bridgehead atoms. The SMILES string of the molecule is CC(O)C(O)C(O)C(O)C(=O)CO. The van der Waals surface area contributed by atoms with Gasteiger partial charge in [0.05, 0.1) is 6.10 Å². The maximum atomic E-state index is 10.6. The number of carbonyl (C=O) groups is 1. The molecule has 0 fully saturated rings. The average molecular weight is 194 g/mol. The Labute approximate surface area is 75.1 Å². The molecule has 6 heteroatoms. The molecule has 4 unspecified atom stereocenters. The molecule has 78 valence electrons. The van der Waals surface area contributed by atoms with Crippen LogP contribution in [0, 0.1) is 0 Å². The Balaban J connectivity index is 4.24. The molecule has 4 atom stereocenters. The summed E-state index contributed by atoms with van der Waals surface area (Å²) in [5.41, 5.74) is 0. The fourth-order valence-electron chi connectivity index (χ4n) is 0.756. The van der Waals surface area contributed by atoms with Crippen molar-refractivity contribution in [3.8, 4) is 0 Å². The third-order valence-corrected chi connectivity index (χ3v) is 1.65. The van der Waals surface area contributed by atoms with Gasteiger partial charge in [0, 0.05) is 0 Å². The molecule has 0 saturated heterocycles. The zero-order valence-electron chi connectivity index (χ0n) is 7.16. The van der Waals surface area contributed by atoms with Crippen LogP contribution < -0.4 is 0 Å². The Hall–Kier alpha value is -0.530. The van der Waals surface area contributed by atoms with Crippen LogP contribution in [0.2, 0.25) is 0 Å². The minimum absolute atomic E-state index is 0.926. The van der Waals surface area contributed by atoms with Crippen LogP contribution in [-0.4, -0.2) is 62.3 Å². The molecular formula is C7H14O6. The first-order valence-corrected chi connectivity index (χ1v) is 3.77. The lowest BCUT2D eigenvalue weighted by atomic mass is 10.0. The van der Waals surface area contributed by atoms with Gasteiger partial charge < -0.3 is 25.5 Å². The maximum Gasteiger partial charge on any atom is 0.189 e. The van der Waals surface area contributed by atoms with Gasteiger partial charge in [-0.1, -0.05) is 0 Å². The standard InChI is InChI=1S/C7H14O6/c1-3(9)5(11)7(13)6(12)4(10)2-8/h3,5-9,11-13H,2H2,1H3. The van der Waals surface area contributed by atoms with Gasteiger partial charge in [-0.05, 0) is 6.92 Å². The van der Waals surface area contributed by atoms with Crippen LogP contribution >= 0.6 is 0 Å². The predicted octanol–water partition coefficient (Wildman–Crippen LogP) is -2.99. The minimum atomic E-state index is -1.88. The number of aliphatic hydroxyl groups is 5. The van der Waals surface area contributed by atoms with Gasteiger partial charge in [0.1, 0.15) is 24.9 Å². The lowest BCUT2D eigenvalue weighted by Crippen LogP contribution is -2.47. The van der Waals surface area contributed by atoms with E-state index in [-0.39, 0.29) is 0 Å². The van der Waals surface area contributed by atoms with Gasteiger partial charge in [0.2, 0.25) is 0 Å². The molecule has 6 nitrogen and oxygen atoms in total. The van der Waals surface area contributed by atoms with Gasteiger partial charge in [-0.2, -0.15) is 0 Å². The predicted molar refractivity (Wildman–Crippen MR) is 41.8 cm³/mol. The molecule has 0 aromatic carbocycles. The third kappa shape index (κ3) is 3.37. The van der Waals surface area contributed by atoms with E-state index in [9.17, 15) is 4.79 Å². The maximum absolute atomic E-state index is 10.6. The number of aliphatic hydroxyl groups excluding tert-OH is 5. The third-order valence-electron chi connectivity index (χ3n) is 1.65. The van der Waals surface area contributed by atoms with Crippen molar-refractivity contribution in [1.82, 2.24) is 0 Å². The Morgan fingerprint density at radius 3 is 1.92 bits per heavy atom. The van der Waals surface area contributed by atoms with Crippen molar-refractivity contribution in [1.29, 1.82) is 0 Å². The van der Waals surface area contributed by atoms with E-state index in [1.165, 1.54) is 6.92 Å². The molecule has 0 saturated carbocycles. The smallest absolute Gasteiger partial charge is 0.189 e. The summed E-state index contributed by atoms with van der Waals surface area (Å²) < 4.78 is 0. The molecule has 0 spiro atoms. The van der Waals surface area contributed by atoms with Crippen molar-refractivity contribution in [2.24, 2.45) is 0 Å². The molecule has 5 N–H and O–H groups in total. The van der Waals surface area contributed by atoms with Crippen LogP contribution in [0.4, 0.5) is 0 Å². The molecule has 0 aliphatic rings. The van der Waals surface area contributed by atoms with E-state index >= 15 is 0 Å². The molecule has 0 radical (unpaired) electrons. The normalized spacial score (nSPS) is 20.5. The van der Waals surface area contributed by atoms with E-state index < -0.39 is 36.8 Å². The number of Topliss-reactive ketones (excluding diaryl/α,β-unsaturated/α-hetero) is 1. The van der Waals surface area contributed by atoms with E-state index in [1.54, 1.807) is 0 Å². The first-order chi connectivity index (χ1) is 5.91. The molecule has 0 aliphatic carbocycles. The zero-order chi connectivity index (χ0) is 10.6. The van der Waals surface area contributed by atoms with E-state index in [2.05, 4.69) is 0 Å². The average Bonchev–Trinajstić information content (AvgIpc) is 2.12. The number of ketones is 1. The van der Waals surface area contributed by atoms with Crippen LogP contribution in [0.5, 0.6) is 0 Å². The number of rotatable bonds is 5. The highest BCUT2D eigenvalue weighted by atomic mass is 16.4. The van der Waals surface area contributed by atoms with Gasteiger partial charge in [0.15, 0.2) is 5.78 Å².